The fourth-order valence-corrected chi connectivity index (χ4v) is 6.39. The van der Waals surface area contributed by atoms with Crippen LogP contribution in [0.5, 0.6) is 0 Å². The predicted octanol–water partition coefficient (Wildman–Crippen LogP) is 7.47. The van der Waals surface area contributed by atoms with Gasteiger partial charge in [0.2, 0.25) is 0 Å². The van der Waals surface area contributed by atoms with Crippen LogP contribution >= 0.6 is 0 Å². The summed E-state index contributed by atoms with van der Waals surface area (Å²) in [6.45, 7) is 8.99. The molecule has 2 aliphatic heterocycles. The molecule has 0 atom stereocenters. The molecule has 0 radical (unpaired) electrons. The lowest BCUT2D eigenvalue weighted by Gasteiger charge is -2.51. The lowest BCUT2D eigenvalue weighted by molar-refractivity contribution is 0.699. The Hall–Kier alpha value is -3.52. The molecule has 0 bridgehead atoms. The monoisotopic (exact) mass is 430 g/mol. The van der Waals surface area contributed by atoms with E-state index in [-0.39, 0.29) is 5.41 Å². The van der Waals surface area contributed by atoms with Gasteiger partial charge in [-0.15, -0.1) is 0 Å². The second-order valence-electron chi connectivity index (χ2n) is 9.85. The van der Waals surface area contributed by atoms with Crippen LogP contribution in [0.15, 0.2) is 72.8 Å². The van der Waals surface area contributed by atoms with Crippen LogP contribution in [0.1, 0.15) is 44.5 Å². The summed E-state index contributed by atoms with van der Waals surface area (Å²) in [7, 11) is 4.42. The van der Waals surface area contributed by atoms with Crippen molar-refractivity contribution >= 4 is 22.7 Å². The van der Waals surface area contributed by atoms with Crippen molar-refractivity contribution in [1.82, 2.24) is 0 Å². The van der Waals surface area contributed by atoms with E-state index in [1.54, 1.807) is 0 Å². The van der Waals surface area contributed by atoms with E-state index < -0.39 is 0 Å². The Balaban J connectivity index is 1.93. The third-order valence-electron chi connectivity index (χ3n) is 7.81. The molecule has 33 heavy (non-hydrogen) atoms. The molecule has 164 valence electrons. The summed E-state index contributed by atoms with van der Waals surface area (Å²) in [6.07, 6.45) is 0. The van der Waals surface area contributed by atoms with Crippen LogP contribution in [0.2, 0.25) is 0 Å². The molecule has 6 rings (SSSR count). The average Bonchev–Trinajstić information content (AvgIpc) is 2.79. The summed E-state index contributed by atoms with van der Waals surface area (Å²) in [5.74, 6) is 0. The number of anilines is 4. The molecular formula is C31H30N2. The SMILES string of the molecule is Cc1ccc2c(c1)C1(c3cc(C)ccc3N(C)c3cccc(C)c31)c1c(C)cccc1N2C. The summed E-state index contributed by atoms with van der Waals surface area (Å²) in [6, 6.07) is 27.5. The van der Waals surface area contributed by atoms with E-state index in [2.05, 4.69) is 124 Å². The van der Waals surface area contributed by atoms with Gasteiger partial charge in [-0.1, -0.05) is 59.7 Å². The molecule has 2 nitrogen and oxygen atoms in total. The molecular weight excluding hydrogens is 400 g/mol. The average molecular weight is 431 g/mol. The van der Waals surface area contributed by atoms with Crippen LogP contribution in [0.25, 0.3) is 0 Å². The minimum absolute atomic E-state index is 0.372. The maximum Gasteiger partial charge on any atom is 0.0787 e. The van der Waals surface area contributed by atoms with Gasteiger partial charge in [0.05, 0.1) is 5.41 Å². The number of aryl methyl sites for hydroxylation is 4. The molecule has 4 aromatic carbocycles. The van der Waals surface area contributed by atoms with Gasteiger partial charge in [-0.2, -0.15) is 0 Å². The van der Waals surface area contributed by atoms with Crippen LogP contribution in [-0.4, -0.2) is 14.1 Å². The molecule has 0 aliphatic carbocycles. The van der Waals surface area contributed by atoms with E-state index in [4.69, 9.17) is 0 Å². The van der Waals surface area contributed by atoms with Crippen LogP contribution in [-0.2, 0) is 5.41 Å². The Kier molecular flexibility index (Phi) is 4.11. The minimum atomic E-state index is -0.372. The molecule has 0 aromatic heterocycles. The Morgan fingerprint density at radius 2 is 0.939 bits per heavy atom. The van der Waals surface area contributed by atoms with Crippen molar-refractivity contribution in [3.63, 3.8) is 0 Å². The van der Waals surface area contributed by atoms with Crippen molar-refractivity contribution in [2.24, 2.45) is 0 Å². The normalized spacial score (nSPS) is 15.1. The molecule has 0 amide bonds. The zero-order valence-electron chi connectivity index (χ0n) is 20.3. The van der Waals surface area contributed by atoms with Gasteiger partial charge in [0.1, 0.15) is 0 Å². The molecule has 2 aliphatic rings. The zero-order valence-corrected chi connectivity index (χ0v) is 20.3. The van der Waals surface area contributed by atoms with Crippen LogP contribution in [0.4, 0.5) is 22.7 Å². The molecule has 4 aromatic rings. The summed E-state index contributed by atoms with van der Waals surface area (Å²) in [5, 5.41) is 0. The lowest BCUT2D eigenvalue weighted by atomic mass is 9.58. The van der Waals surface area contributed by atoms with Crippen molar-refractivity contribution in [2.45, 2.75) is 33.1 Å². The van der Waals surface area contributed by atoms with Crippen molar-refractivity contribution in [3.05, 3.63) is 117 Å². The van der Waals surface area contributed by atoms with Gasteiger partial charge >= 0.3 is 0 Å². The van der Waals surface area contributed by atoms with Crippen molar-refractivity contribution in [3.8, 4) is 0 Å². The highest BCUT2D eigenvalue weighted by atomic mass is 15.1. The second-order valence-corrected chi connectivity index (χ2v) is 9.85. The largest absolute Gasteiger partial charge is 0.344 e. The number of fused-ring (bicyclic) bond motifs is 8. The Morgan fingerprint density at radius 3 is 1.36 bits per heavy atom. The van der Waals surface area contributed by atoms with Gasteiger partial charge in [-0.25, -0.2) is 0 Å². The van der Waals surface area contributed by atoms with Crippen LogP contribution in [0.3, 0.4) is 0 Å². The first-order valence-electron chi connectivity index (χ1n) is 11.8. The highest BCUT2D eigenvalue weighted by Gasteiger charge is 2.52. The molecule has 0 N–H and O–H groups in total. The first kappa shape index (κ1) is 20.1. The summed E-state index contributed by atoms with van der Waals surface area (Å²) in [5.41, 5.74) is 15.6. The molecule has 0 saturated carbocycles. The van der Waals surface area contributed by atoms with E-state index in [9.17, 15) is 0 Å². The predicted molar refractivity (Wildman–Crippen MR) is 140 cm³/mol. The first-order valence-corrected chi connectivity index (χ1v) is 11.8. The van der Waals surface area contributed by atoms with Gasteiger partial charge in [0, 0.05) is 36.8 Å². The minimum Gasteiger partial charge on any atom is -0.344 e. The van der Waals surface area contributed by atoms with Crippen LogP contribution in [0, 0.1) is 27.7 Å². The second kappa shape index (κ2) is 6.74. The smallest absolute Gasteiger partial charge is 0.0787 e. The van der Waals surface area contributed by atoms with Gasteiger partial charge in [0.15, 0.2) is 0 Å². The fourth-order valence-electron chi connectivity index (χ4n) is 6.39. The number of rotatable bonds is 0. The van der Waals surface area contributed by atoms with E-state index in [1.165, 1.54) is 67.3 Å². The summed E-state index contributed by atoms with van der Waals surface area (Å²) >= 11 is 0. The third kappa shape index (κ3) is 2.44. The fraction of sp³-hybridized carbons (Fsp3) is 0.226. The number of hydrogen-bond donors (Lipinski definition) is 0. The number of hydrogen-bond acceptors (Lipinski definition) is 2. The number of nitrogens with zero attached hydrogens (tertiary/aromatic N) is 2. The van der Waals surface area contributed by atoms with E-state index in [1.807, 2.05) is 0 Å². The maximum absolute atomic E-state index is 2.43. The van der Waals surface area contributed by atoms with E-state index in [0.717, 1.165) is 0 Å². The highest BCUT2D eigenvalue weighted by molar-refractivity contribution is 5.92. The van der Waals surface area contributed by atoms with Gasteiger partial charge in [-0.05, 0) is 85.3 Å². The summed E-state index contributed by atoms with van der Waals surface area (Å²) < 4.78 is 0. The molecule has 2 heterocycles. The molecule has 0 fully saturated rings. The number of benzene rings is 4. The quantitative estimate of drug-likeness (QED) is 0.285. The molecule has 0 saturated heterocycles. The van der Waals surface area contributed by atoms with Crippen LogP contribution < -0.4 is 9.80 Å². The van der Waals surface area contributed by atoms with Gasteiger partial charge in [0.25, 0.3) is 0 Å². The van der Waals surface area contributed by atoms with Crippen molar-refractivity contribution in [1.29, 1.82) is 0 Å². The lowest BCUT2D eigenvalue weighted by Crippen LogP contribution is -2.43. The first-order chi connectivity index (χ1) is 15.9. The highest BCUT2D eigenvalue weighted by Crippen LogP contribution is 2.62. The Labute approximate surface area is 197 Å². The van der Waals surface area contributed by atoms with Crippen molar-refractivity contribution in [2.75, 3.05) is 23.9 Å². The zero-order chi connectivity index (χ0) is 23.1. The Bertz CT molecular complexity index is 1330. The topological polar surface area (TPSA) is 6.48 Å². The molecule has 2 heteroatoms. The van der Waals surface area contributed by atoms with Gasteiger partial charge in [-0.3, -0.25) is 0 Å². The molecule has 1 spiro atoms. The van der Waals surface area contributed by atoms with E-state index >= 15 is 0 Å². The Morgan fingerprint density at radius 1 is 0.515 bits per heavy atom. The third-order valence-corrected chi connectivity index (χ3v) is 7.81. The standard InChI is InChI=1S/C31H30N2/c1-19-13-15-25-23(17-19)31(29-21(3)9-7-11-27(29)32(25)5)24-18-20(2)14-16-26(24)33(6)28-12-8-10-22(4)30(28)31/h7-18H,1-6H3. The van der Waals surface area contributed by atoms with Crippen molar-refractivity contribution < 1.29 is 0 Å². The molecule has 0 unspecified atom stereocenters. The van der Waals surface area contributed by atoms with Gasteiger partial charge < -0.3 is 9.80 Å². The maximum atomic E-state index is 2.43. The summed E-state index contributed by atoms with van der Waals surface area (Å²) in [4.78, 5) is 4.77. The van der Waals surface area contributed by atoms with E-state index in [0.29, 0.717) is 0 Å².